The van der Waals surface area contributed by atoms with Gasteiger partial charge in [0.15, 0.2) is 5.58 Å². The van der Waals surface area contributed by atoms with Crippen LogP contribution < -0.4 is 4.74 Å². The summed E-state index contributed by atoms with van der Waals surface area (Å²) in [6.07, 6.45) is 9.10. The third-order valence-corrected chi connectivity index (χ3v) is 7.03. The normalized spacial score (nSPS) is 16.3. The molecule has 5 rings (SSSR count). The van der Waals surface area contributed by atoms with Gasteiger partial charge in [-0.2, -0.15) is 0 Å². The molecule has 6 nitrogen and oxygen atoms in total. The van der Waals surface area contributed by atoms with Gasteiger partial charge in [-0.3, -0.25) is 9.88 Å². The fourth-order valence-electron chi connectivity index (χ4n) is 4.86. The number of piperidine rings is 1. The number of aromatic nitrogens is 2. The number of hydrogen-bond acceptors (Lipinski definition) is 6. The second kappa shape index (κ2) is 14.4. The molecule has 200 valence electrons. The van der Waals surface area contributed by atoms with Crippen LogP contribution in [0.5, 0.6) is 5.75 Å². The number of halogens is 3. The monoisotopic (exact) mass is 556 g/mol. The molecule has 1 aromatic carbocycles. The smallest absolute Gasteiger partial charge is 0.175 e. The fraction of sp³-hybridized carbons (Fsp3) is 0.556. The lowest BCUT2D eigenvalue weighted by Crippen LogP contribution is -2.33. The molecule has 3 aromatic rings. The molecule has 0 atom stereocenters. The zero-order chi connectivity index (χ0) is 22.6. The third kappa shape index (κ3) is 7.96. The Morgan fingerprint density at radius 1 is 1.00 bits per heavy atom. The van der Waals surface area contributed by atoms with Gasteiger partial charge in [0, 0.05) is 24.7 Å². The quantitative estimate of drug-likeness (QED) is 0.297. The molecule has 3 heterocycles. The van der Waals surface area contributed by atoms with Crippen molar-refractivity contribution in [3.8, 4) is 5.75 Å². The van der Waals surface area contributed by atoms with Crippen LogP contribution in [-0.4, -0.2) is 53.7 Å². The Labute approximate surface area is 233 Å². The van der Waals surface area contributed by atoms with Gasteiger partial charge < -0.3 is 14.2 Å². The summed E-state index contributed by atoms with van der Waals surface area (Å²) in [7, 11) is 4.17. The van der Waals surface area contributed by atoms with Crippen LogP contribution >= 0.6 is 37.2 Å². The summed E-state index contributed by atoms with van der Waals surface area (Å²) in [5, 5.41) is 5.65. The number of fused-ring (bicyclic) bond motifs is 1. The molecule has 2 fully saturated rings. The Morgan fingerprint density at radius 3 is 2.44 bits per heavy atom. The number of hydrogen-bond donors (Lipinski definition) is 0. The lowest BCUT2D eigenvalue weighted by atomic mass is 9.91. The van der Waals surface area contributed by atoms with Crippen molar-refractivity contribution < 1.29 is 9.26 Å². The van der Waals surface area contributed by atoms with Crippen LogP contribution in [0.1, 0.15) is 49.1 Å². The molecule has 0 radical (unpaired) electrons. The first kappa shape index (κ1) is 30.7. The minimum absolute atomic E-state index is 0. The molecule has 1 aliphatic carbocycles. The van der Waals surface area contributed by atoms with Gasteiger partial charge in [0.25, 0.3) is 0 Å². The lowest BCUT2D eigenvalue weighted by molar-refractivity contribution is 0.170. The minimum Gasteiger partial charge on any atom is -0.493 e. The maximum absolute atomic E-state index is 6.16. The van der Waals surface area contributed by atoms with Crippen LogP contribution in [-0.2, 0) is 19.5 Å². The van der Waals surface area contributed by atoms with E-state index in [1.54, 1.807) is 0 Å². The van der Waals surface area contributed by atoms with Gasteiger partial charge >= 0.3 is 0 Å². The van der Waals surface area contributed by atoms with Crippen molar-refractivity contribution >= 4 is 48.2 Å². The highest BCUT2D eigenvalue weighted by molar-refractivity contribution is 5.86. The van der Waals surface area contributed by atoms with Crippen LogP contribution in [0.4, 0.5) is 0 Å². The topological polar surface area (TPSA) is 54.6 Å². The van der Waals surface area contributed by atoms with Gasteiger partial charge in [0.2, 0.25) is 0 Å². The van der Waals surface area contributed by atoms with E-state index in [0.29, 0.717) is 0 Å². The van der Waals surface area contributed by atoms with E-state index in [1.165, 1.54) is 37.8 Å². The van der Waals surface area contributed by atoms with Crippen molar-refractivity contribution in [2.24, 2.45) is 11.8 Å². The van der Waals surface area contributed by atoms with Crippen molar-refractivity contribution in [3.05, 3.63) is 53.5 Å². The van der Waals surface area contributed by atoms with Crippen molar-refractivity contribution in [1.29, 1.82) is 0 Å². The maximum atomic E-state index is 6.16. The molecule has 0 N–H and O–H groups in total. The summed E-state index contributed by atoms with van der Waals surface area (Å²) in [6, 6.07) is 10.4. The molecule has 1 saturated carbocycles. The Balaban J connectivity index is 0.00000152. The van der Waals surface area contributed by atoms with Crippen LogP contribution in [0.15, 0.2) is 41.1 Å². The predicted molar refractivity (Wildman–Crippen MR) is 152 cm³/mol. The molecular formula is C27H39Cl3N4O2. The molecule has 1 aliphatic heterocycles. The largest absolute Gasteiger partial charge is 0.493 e. The summed E-state index contributed by atoms with van der Waals surface area (Å²) < 4.78 is 12.1. The molecule has 2 aliphatic rings. The van der Waals surface area contributed by atoms with E-state index in [0.717, 1.165) is 79.0 Å². The van der Waals surface area contributed by atoms with Gasteiger partial charge in [-0.1, -0.05) is 11.2 Å². The standard InChI is InChI=1S/C27H36N4O2.3ClH/c1-30(2)18-24-26(32-19-21-6-7-21)11-9-23-25(29-33-27(23)24)10-8-20-12-15-31(16-13-20)17-22-5-3-4-14-28-22;;;/h3-5,9,11,14,20-21H,6-8,10,12-13,15-19H2,1-2H3;3*1H. The van der Waals surface area contributed by atoms with E-state index in [9.17, 15) is 0 Å². The van der Waals surface area contributed by atoms with E-state index < -0.39 is 0 Å². The van der Waals surface area contributed by atoms with Crippen molar-refractivity contribution in [2.75, 3.05) is 33.8 Å². The van der Waals surface area contributed by atoms with Gasteiger partial charge in [0.1, 0.15) is 5.75 Å². The van der Waals surface area contributed by atoms with Crippen LogP contribution in [0.2, 0.25) is 0 Å². The molecule has 0 amide bonds. The van der Waals surface area contributed by atoms with Gasteiger partial charge in [-0.05, 0) is 102 Å². The van der Waals surface area contributed by atoms with E-state index in [1.807, 2.05) is 12.3 Å². The summed E-state index contributed by atoms with van der Waals surface area (Å²) >= 11 is 0. The summed E-state index contributed by atoms with van der Waals surface area (Å²) in [5.41, 5.74) is 4.28. The molecule has 0 unspecified atom stereocenters. The highest BCUT2D eigenvalue weighted by atomic mass is 35.5. The first-order chi connectivity index (χ1) is 16.2. The molecular weight excluding hydrogens is 519 g/mol. The van der Waals surface area contributed by atoms with Crippen molar-refractivity contribution in [3.63, 3.8) is 0 Å². The van der Waals surface area contributed by atoms with E-state index >= 15 is 0 Å². The number of pyridine rings is 1. The molecule has 0 bridgehead atoms. The van der Waals surface area contributed by atoms with Crippen LogP contribution in [0.25, 0.3) is 11.0 Å². The number of aryl methyl sites for hydroxylation is 1. The summed E-state index contributed by atoms with van der Waals surface area (Å²) in [6.45, 7) is 4.86. The summed E-state index contributed by atoms with van der Waals surface area (Å²) in [5.74, 6) is 2.43. The summed E-state index contributed by atoms with van der Waals surface area (Å²) in [4.78, 5) is 9.17. The Kier molecular flexibility index (Phi) is 12.3. The molecule has 2 aromatic heterocycles. The Bertz CT molecular complexity index is 1050. The second-order valence-electron chi connectivity index (χ2n) is 10.1. The fourth-order valence-corrected chi connectivity index (χ4v) is 4.86. The average molecular weight is 558 g/mol. The van der Waals surface area contributed by atoms with Gasteiger partial charge in [0.05, 0.1) is 23.6 Å². The highest BCUT2D eigenvalue weighted by Crippen LogP contribution is 2.35. The van der Waals surface area contributed by atoms with Crippen LogP contribution in [0, 0.1) is 11.8 Å². The van der Waals surface area contributed by atoms with Gasteiger partial charge in [-0.25, -0.2) is 0 Å². The maximum Gasteiger partial charge on any atom is 0.175 e. The Hall–Kier alpha value is -1.57. The van der Waals surface area contributed by atoms with Gasteiger partial charge in [-0.15, -0.1) is 37.2 Å². The zero-order valence-electron chi connectivity index (χ0n) is 21.2. The number of ether oxygens (including phenoxy) is 1. The highest BCUT2D eigenvalue weighted by Gasteiger charge is 2.24. The van der Waals surface area contributed by atoms with E-state index in [-0.39, 0.29) is 37.2 Å². The van der Waals surface area contributed by atoms with Crippen molar-refractivity contribution in [2.45, 2.75) is 51.6 Å². The molecule has 36 heavy (non-hydrogen) atoms. The second-order valence-corrected chi connectivity index (χ2v) is 10.1. The first-order valence-electron chi connectivity index (χ1n) is 12.5. The molecule has 9 heteroatoms. The number of rotatable bonds is 10. The average Bonchev–Trinajstić information content (AvgIpc) is 3.56. The van der Waals surface area contributed by atoms with E-state index in [2.05, 4.69) is 58.3 Å². The first-order valence-corrected chi connectivity index (χ1v) is 12.5. The number of likely N-dealkylation sites (tertiary alicyclic amines) is 1. The Morgan fingerprint density at radius 2 is 1.78 bits per heavy atom. The zero-order valence-corrected chi connectivity index (χ0v) is 23.7. The lowest BCUT2D eigenvalue weighted by Gasteiger charge is -2.31. The number of benzene rings is 1. The third-order valence-electron chi connectivity index (χ3n) is 7.03. The number of nitrogens with zero attached hydrogens (tertiary/aromatic N) is 4. The van der Waals surface area contributed by atoms with Crippen molar-refractivity contribution in [1.82, 2.24) is 19.9 Å². The van der Waals surface area contributed by atoms with E-state index in [4.69, 9.17) is 9.26 Å². The SMILES string of the molecule is CN(C)Cc1c(OCC2CC2)ccc2c(CCC3CCN(Cc4ccccn4)CC3)noc12.Cl.Cl.Cl. The van der Waals surface area contributed by atoms with Crippen LogP contribution in [0.3, 0.4) is 0 Å². The molecule has 1 saturated heterocycles. The minimum atomic E-state index is 0. The predicted octanol–water partition coefficient (Wildman–Crippen LogP) is 6.18. The molecule has 0 spiro atoms.